The molecule has 1 aromatic heterocycles. The number of carboxylic acid groups (broad SMARTS) is 1. The Labute approximate surface area is 92.9 Å². The van der Waals surface area contributed by atoms with E-state index in [9.17, 15) is 9.59 Å². The Hall–Kier alpha value is -1.85. The molecule has 16 heavy (non-hydrogen) atoms. The average Bonchev–Trinajstić information content (AvgIpc) is 2.23. The standard InChI is InChI=1S/C10H15N3O3/c1-3-7(6-8(14)15)12-9-10(16)13(2)5-4-11-9/h4-5,7H,3,6H2,1-2H3,(H,11,12)(H,14,15). The van der Waals surface area contributed by atoms with Crippen molar-refractivity contribution in [3.8, 4) is 0 Å². The number of aryl methyl sites for hydroxylation is 1. The van der Waals surface area contributed by atoms with Crippen LogP contribution in [0.4, 0.5) is 5.82 Å². The van der Waals surface area contributed by atoms with Crippen molar-refractivity contribution < 1.29 is 9.90 Å². The van der Waals surface area contributed by atoms with Crippen molar-refractivity contribution in [1.29, 1.82) is 0 Å². The first kappa shape index (κ1) is 12.2. The molecule has 6 nitrogen and oxygen atoms in total. The SMILES string of the molecule is CCC(CC(=O)O)Nc1nccn(C)c1=O. The van der Waals surface area contributed by atoms with E-state index in [1.807, 2.05) is 6.92 Å². The third-order valence-corrected chi connectivity index (χ3v) is 2.27. The number of rotatable bonds is 5. The summed E-state index contributed by atoms with van der Waals surface area (Å²) in [6.07, 6.45) is 3.63. The monoisotopic (exact) mass is 225 g/mol. The van der Waals surface area contributed by atoms with Crippen molar-refractivity contribution in [2.24, 2.45) is 7.05 Å². The van der Waals surface area contributed by atoms with Gasteiger partial charge in [0.25, 0.3) is 5.56 Å². The van der Waals surface area contributed by atoms with Crippen molar-refractivity contribution in [3.63, 3.8) is 0 Å². The molecule has 1 atom stereocenters. The Kier molecular flexibility index (Phi) is 4.04. The zero-order valence-corrected chi connectivity index (χ0v) is 9.30. The minimum atomic E-state index is -0.896. The van der Waals surface area contributed by atoms with Crippen LogP contribution in [0, 0.1) is 0 Å². The fraction of sp³-hybridized carbons (Fsp3) is 0.500. The van der Waals surface area contributed by atoms with Crippen LogP contribution in [0.25, 0.3) is 0 Å². The minimum absolute atomic E-state index is 0.0315. The van der Waals surface area contributed by atoms with Crippen LogP contribution in [0.15, 0.2) is 17.2 Å². The summed E-state index contributed by atoms with van der Waals surface area (Å²) in [5.41, 5.74) is -0.258. The van der Waals surface area contributed by atoms with E-state index in [0.29, 0.717) is 6.42 Å². The molecule has 0 spiro atoms. The second-order valence-corrected chi connectivity index (χ2v) is 3.54. The first-order valence-electron chi connectivity index (χ1n) is 5.04. The van der Waals surface area contributed by atoms with Crippen molar-refractivity contribution in [1.82, 2.24) is 9.55 Å². The van der Waals surface area contributed by atoms with Gasteiger partial charge in [0.1, 0.15) is 0 Å². The van der Waals surface area contributed by atoms with Crippen molar-refractivity contribution in [2.75, 3.05) is 5.32 Å². The average molecular weight is 225 g/mol. The lowest BCUT2D eigenvalue weighted by Crippen LogP contribution is -2.29. The van der Waals surface area contributed by atoms with Crippen LogP contribution in [-0.4, -0.2) is 26.7 Å². The lowest BCUT2D eigenvalue weighted by molar-refractivity contribution is -0.137. The molecule has 0 aliphatic carbocycles. The summed E-state index contributed by atoms with van der Waals surface area (Å²) in [5, 5.41) is 11.5. The number of nitrogens with zero attached hydrogens (tertiary/aromatic N) is 2. The summed E-state index contributed by atoms with van der Waals surface area (Å²) in [7, 11) is 1.62. The van der Waals surface area contributed by atoms with Gasteiger partial charge in [-0.25, -0.2) is 4.98 Å². The molecule has 0 aromatic carbocycles. The summed E-state index contributed by atoms with van der Waals surface area (Å²) in [6.45, 7) is 1.86. The van der Waals surface area contributed by atoms with Gasteiger partial charge in [0, 0.05) is 25.5 Å². The summed E-state index contributed by atoms with van der Waals surface area (Å²) in [4.78, 5) is 26.1. The van der Waals surface area contributed by atoms with Crippen molar-refractivity contribution in [3.05, 3.63) is 22.7 Å². The molecule has 1 aromatic rings. The van der Waals surface area contributed by atoms with E-state index in [1.165, 1.54) is 10.8 Å². The van der Waals surface area contributed by atoms with Crippen LogP contribution >= 0.6 is 0 Å². The zero-order valence-electron chi connectivity index (χ0n) is 9.30. The maximum Gasteiger partial charge on any atom is 0.305 e. The van der Waals surface area contributed by atoms with Crippen LogP contribution in [0.1, 0.15) is 19.8 Å². The number of hydrogen-bond acceptors (Lipinski definition) is 4. The molecule has 0 aliphatic heterocycles. The molecule has 6 heteroatoms. The van der Waals surface area contributed by atoms with Crippen LogP contribution in [0.2, 0.25) is 0 Å². The fourth-order valence-corrected chi connectivity index (χ4v) is 1.30. The quantitative estimate of drug-likeness (QED) is 0.759. The third-order valence-electron chi connectivity index (χ3n) is 2.27. The van der Waals surface area contributed by atoms with E-state index in [-0.39, 0.29) is 23.8 Å². The van der Waals surface area contributed by atoms with E-state index in [2.05, 4.69) is 10.3 Å². The number of hydrogen-bond donors (Lipinski definition) is 2. The van der Waals surface area contributed by atoms with Gasteiger partial charge in [-0.2, -0.15) is 0 Å². The molecule has 0 aliphatic rings. The van der Waals surface area contributed by atoms with Gasteiger partial charge >= 0.3 is 5.97 Å². The first-order chi connectivity index (χ1) is 7.54. The molecular formula is C10H15N3O3. The third kappa shape index (κ3) is 3.08. The zero-order chi connectivity index (χ0) is 12.1. The number of aromatic nitrogens is 2. The van der Waals surface area contributed by atoms with E-state index in [0.717, 1.165) is 0 Å². The Morgan fingerprint density at radius 2 is 2.38 bits per heavy atom. The van der Waals surface area contributed by atoms with Crippen LogP contribution in [0.3, 0.4) is 0 Å². The molecular weight excluding hydrogens is 210 g/mol. The highest BCUT2D eigenvalue weighted by atomic mass is 16.4. The van der Waals surface area contributed by atoms with E-state index < -0.39 is 5.97 Å². The lowest BCUT2D eigenvalue weighted by atomic mass is 10.1. The van der Waals surface area contributed by atoms with Crippen LogP contribution in [0.5, 0.6) is 0 Å². The number of anilines is 1. The second kappa shape index (κ2) is 5.29. The lowest BCUT2D eigenvalue weighted by Gasteiger charge is -2.14. The normalized spacial score (nSPS) is 12.1. The molecule has 0 amide bonds. The molecule has 1 heterocycles. The highest BCUT2D eigenvalue weighted by Crippen LogP contribution is 2.04. The maximum atomic E-state index is 11.6. The molecule has 0 saturated carbocycles. The van der Waals surface area contributed by atoms with E-state index in [1.54, 1.807) is 13.2 Å². The summed E-state index contributed by atoms with van der Waals surface area (Å²) in [5.74, 6) is -0.704. The molecule has 0 saturated heterocycles. The van der Waals surface area contributed by atoms with Crippen LogP contribution < -0.4 is 10.9 Å². The largest absolute Gasteiger partial charge is 0.481 e. The van der Waals surface area contributed by atoms with Gasteiger partial charge in [-0.15, -0.1) is 0 Å². The minimum Gasteiger partial charge on any atom is -0.481 e. The summed E-state index contributed by atoms with van der Waals surface area (Å²) >= 11 is 0. The first-order valence-corrected chi connectivity index (χ1v) is 5.04. The predicted molar refractivity (Wildman–Crippen MR) is 59.4 cm³/mol. The molecule has 0 fully saturated rings. The summed E-state index contributed by atoms with van der Waals surface area (Å²) in [6, 6.07) is -0.278. The van der Waals surface area contributed by atoms with E-state index >= 15 is 0 Å². The molecule has 0 bridgehead atoms. The van der Waals surface area contributed by atoms with Gasteiger partial charge in [0.05, 0.1) is 6.42 Å². The Morgan fingerprint density at radius 3 is 2.94 bits per heavy atom. The molecule has 1 rings (SSSR count). The summed E-state index contributed by atoms with van der Waals surface area (Å²) < 4.78 is 1.39. The number of aliphatic carboxylic acids is 1. The molecule has 1 unspecified atom stereocenters. The van der Waals surface area contributed by atoms with Gasteiger partial charge < -0.3 is 15.0 Å². The van der Waals surface area contributed by atoms with Crippen LogP contribution in [-0.2, 0) is 11.8 Å². The van der Waals surface area contributed by atoms with Crippen molar-refractivity contribution >= 4 is 11.8 Å². The molecule has 88 valence electrons. The van der Waals surface area contributed by atoms with Gasteiger partial charge in [-0.3, -0.25) is 9.59 Å². The number of nitrogens with one attached hydrogen (secondary N) is 1. The smallest absolute Gasteiger partial charge is 0.305 e. The van der Waals surface area contributed by atoms with Gasteiger partial charge in [-0.1, -0.05) is 6.92 Å². The van der Waals surface area contributed by atoms with Crippen molar-refractivity contribution in [2.45, 2.75) is 25.8 Å². The highest BCUT2D eigenvalue weighted by Gasteiger charge is 2.13. The predicted octanol–water partition coefficient (Wildman–Crippen LogP) is 0.445. The second-order valence-electron chi connectivity index (χ2n) is 3.54. The highest BCUT2D eigenvalue weighted by molar-refractivity contribution is 5.68. The molecule has 2 N–H and O–H groups in total. The number of carboxylic acids is 1. The van der Waals surface area contributed by atoms with Gasteiger partial charge in [-0.05, 0) is 6.42 Å². The number of carbonyl (C=O) groups is 1. The Balaban J connectivity index is 2.82. The maximum absolute atomic E-state index is 11.6. The van der Waals surface area contributed by atoms with Gasteiger partial charge in [0.2, 0.25) is 0 Å². The Bertz CT molecular complexity index is 428. The van der Waals surface area contributed by atoms with Gasteiger partial charge in [0.15, 0.2) is 5.82 Å². The van der Waals surface area contributed by atoms with E-state index in [4.69, 9.17) is 5.11 Å². The molecule has 0 radical (unpaired) electrons. The fourth-order valence-electron chi connectivity index (χ4n) is 1.30. The topological polar surface area (TPSA) is 84.2 Å². The Morgan fingerprint density at radius 1 is 1.69 bits per heavy atom.